The Morgan fingerprint density at radius 1 is 1.19 bits per heavy atom. The van der Waals surface area contributed by atoms with E-state index < -0.39 is 0 Å². The molecule has 0 aromatic rings. The lowest BCUT2D eigenvalue weighted by molar-refractivity contribution is -0.155. The van der Waals surface area contributed by atoms with Crippen molar-refractivity contribution in [2.24, 2.45) is 34.5 Å². The molecule has 3 saturated carbocycles. The summed E-state index contributed by atoms with van der Waals surface area (Å²) in [4.78, 5) is 26.8. The number of hydrogen-bond acceptors (Lipinski definition) is 3. The molecule has 26 heavy (non-hydrogen) atoms. The normalized spacial score (nSPS) is 47.2. The van der Waals surface area contributed by atoms with Crippen molar-refractivity contribution in [2.75, 3.05) is 13.7 Å². The number of ether oxygens (including phenoxy) is 1. The second-order valence-electron chi connectivity index (χ2n) is 9.49. The van der Waals surface area contributed by atoms with E-state index >= 15 is 0 Å². The highest BCUT2D eigenvalue weighted by Gasteiger charge is 2.61. The van der Waals surface area contributed by atoms with Crippen LogP contribution in [0.25, 0.3) is 0 Å². The van der Waals surface area contributed by atoms with Crippen LogP contribution in [0.15, 0.2) is 12.2 Å². The van der Waals surface area contributed by atoms with Gasteiger partial charge in [-0.05, 0) is 74.7 Å². The van der Waals surface area contributed by atoms with Crippen LogP contribution < -0.4 is 0 Å². The average molecular weight is 360 g/mol. The minimum absolute atomic E-state index is 0.00587. The van der Waals surface area contributed by atoms with Gasteiger partial charge < -0.3 is 9.64 Å². The van der Waals surface area contributed by atoms with Crippen molar-refractivity contribution in [1.29, 1.82) is 0 Å². The van der Waals surface area contributed by atoms with Crippen LogP contribution in [0, 0.1) is 34.5 Å². The molecule has 4 rings (SSSR count). The minimum atomic E-state index is -0.00587. The van der Waals surface area contributed by atoms with Crippen molar-refractivity contribution in [3.8, 4) is 0 Å². The van der Waals surface area contributed by atoms with Gasteiger partial charge in [0.1, 0.15) is 0 Å². The Morgan fingerprint density at radius 2 is 1.96 bits per heavy atom. The van der Waals surface area contributed by atoms with E-state index in [-0.39, 0.29) is 28.6 Å². The van der Waals surface area contributed by atoms with E-state index in [1.807, 2.05) is 6.08 Å². The van der Waals surface area contributed by atoms with Crippen LogP contribution in [0.5, 0.6) is 0 Å². The van der Waals surface area contributed by atoms with Gasteiger partial charge in [-0.2, -0.15) is 0 Å². The topological polar surface area (TPSA) is 46.6 Å². The molecule has 3 fully saturated rings. The Bertz CT molecular complexity index is 643. The quantitative estimate of drug-likeness (QED) is 0.705. The van der Waals surface area contributed by atoms with E-state index in [9.17, 15) is 9.59 Å². The van der Waals surface area contributed by atoms with Gasteiger partial charge in [0.2, 0.25) is 5.91 Å². The lowest BCUT2D eigenvalue weighted by Gasteiger charge is -2.60. The van der Waals surface area contributed by atoms with Crippen molar-refractivity contribution >= 4 is 11.9 Å². The smallest absolute Gasteiger partial charge is 0.309 e. The first-order valence-electron chi connectivity index (χ1n) is 10.4. The number of carbonyl (C=O) groups excluding carboxylic acids is 2. The molecule has 3 aliphatic carbocycles. The molecule has 144 valence electrons. The summed E-state index contributed by atoms with van der Waals surface area (Å²) in [7, 11) is 1.53. The molecular weight excluding hydrogens is 326 g/mol. The van der Waals surface area contributed by atoms with Crippen LogP contribution in [-0.2, 0) is 14.3 Å². The van der Waals surface area contributed by atoms with Crippen LogP contribution >= 0.6 is 0 Å². The summed E-state index contributed by atoms with van der Waals surface area (Å²) < 4.78 is 5.14. The van der Waals surface area contributed by atoms with Crippen molar-refractivity contribution in [2.45, 2.75) is 65.3 Å². The number of rotatable bonds is 2. The molecule has 0 N–H and O–H groups in total. The molecule has 4 nitrogen and oxygen atoms in total. The van der Waals surface area contributed by atoms with E-state index in [4.69, 9.17) is 4.74 Å². The Balaban J connectivity index is 1.65. The number of nitrogens with zero attached hydrogens (tertiary/aromatic N) is 1. The number of methoxy groups -OCH3 is 1. The first-order valence-corrected chi connectivity index (χ1v) is 10.4. The summed E-state index contributed by atoms with van der Waals surface area (Å²) in [6.45, 7) is 7.62. The molecular formula is C22H33NO3. The van der Waals surface area contributed by atoms with Gasteiger partial charge in [0.05, 0.1) is 13.0 Å². The Morgan fingerprint density at radius 3 is 2.65 bits per heavy atom. The van der Waals surface area contributed by atoms with Crippen molar-refractivity contribution in [3.63, 3.8) is 0 Å². The molecule has 1 aliphatic heterocycles. The summed E-state index contributed by atoms with van der Waals surface area (Å²) in [6.07, 6.45) is 10.7. The highest BCUT2D eigenvalue weighted by Crippen LogP contribution is 2.65. The van der Waals surface area contributed by atoms with Gasteiger partial charge in [-0.15, -0.1) is 0 Å². The third-order valence-electron chi connectivity index (χ3n) is 8.80. The van der Waals surface area contributed by atoms with Crippen LogP contribution in [0.4, 0.5) is 0 Å². The van der Waals surface area contributed by atoms with Crippen LogP contribution in [-0.4, -0.2) is 36.5 Å². The Kier molecular flexibility index (Phi) is 4.24. The van der Waals surface area contributed by atoms with Crippen LogP contribution in [0.1, 0.15) is 59.3 Å². The Labute approximate surface area is 157 Å². The van der Waals surface area contributed by atoms with Gasteiger partial charge in [0.25, 0.3) is 0 Å². The van der Waals surface area contributed by atoms with E-state index in [0.29, 0.717) is 23.8 Å². The van der Waals surface area contributed by atoms with Gasteiger partial charge in [0, 0.05) is 18.0 Å². The summed E-state index contributed by atoms with van der Waals surface area (Å²) in [5, 5.41) is 0. The molecule has 1 amide bonds. The number of amides is 1. The molecule has 7 atom stereocenters. The van der Waals surface area contributed by atoms with E-state index in [1.165, 1.54) is 13.5 Å². The van der Waals surface area contributed by atoms with Crippen molar-refractivity contribution in [3.05, 3.63) is 12.2 Å². The molecule has 1 heterocycles. The third kappa shape index (κ3) is 2.26. The SMILES string of the molecule is CCN1C(=O)C=C[C@@]2(C)C1CC[C@@H]1[C@H]2CC[C@]2(C)C(C(=O)OC)CC[C@@H]12. The number of hydrogen-bond donors (Lipinski definition) is 0. The van der Waals surface area contributed by atoms with Gasteiger partial charge in [0.15, 0.2) is 0 Å². The fourth-order valence-corrected chi connectivity index (χ4v) is 7.50. The third-order valence-corrected chi connectivity index (χ3v) is 8.80. The van der Waals surface area contributed by atoms with E-state index in [0.717, 1.165) is 38.6 Å². The average Bonchev–Trinajstić information content (AvgIpc) is 2.99. The summed E-state index contributed by atoms with van der Waals surface area (Å²) in [6, 6.07) is 0.341. The van der Waals surface area contributed by atoms with E-state index in [1.54, 1.807) is 0 Å². The first kappa shape index (κ1) is 18.1. The maximum Gasteiger partial charge on any atom is 0.309 e. The number of esters is 1. The Hall–Kier alpha value is -1.32. The van der Waals surface area contributed by atoms with Crippen LogP contribution in [0.2, 0.25) is 0 Å². The monoisotopic (exact) mass is 359 g/mol. The zero-order chi connectivity index (χ0) is 18.7. The zero-order valence-corrected chi connectivity index (χ0v) is 16.7. The molecule has 0 aromatic heterocycles. The maximum atomic E-state index is 12.4. The lowest BCUT2D eigenvalue weighted by Crippen LogP contribution is -2.60. The predicted molar refractivity (Wildman–Crippen MR) is 100 cm³/mol. The van der Waals surface area contributed by atoms with Gasteiger partial charge in [-0.25, -0.2) is 0 Å². The van der Waals surface area contributed by atoms with Gasteiger partial charge in [-0.1, -0.05) is 19.9 Å². The molecule has 4 heteroatoms. The van der Waals surface area contributed by atoms with Gasteiger partial charge >= 0.3 is 5.97 Å². The molecule has 0 radical (unpaired) electrons. The second kappa shape index (κ2) is 6.10. The highest BCUT2D eigenvalue weighted by atomic mass is 16.5. The highest BCUT2D eigenvalue weighted by molar-refractivity contribution is 5.89. The first-order chi connectivity index (χ1) is 12.4. The van der Waals surface area contributed by atoms with Gasteiger partial charge in [-0.3, -0.25) is 9.59 Å². The summed E-state index contributed by atoms with van der Waals surface area (Å²) in [5.74, 6) is 2.15. The fourth-order valence-electron chi connectivity index (χ4n) is 7.50. The molecule has 4 aliphatic rings. The maximum absolute atomic E-state index is 12.4. The van der Waals surface area contributed by atoms with Crippen molar-refractivity contribution < 1.29 is 14.3 Å². The number of carbonyl (C=O) groups is 2. The summed E-state index contributed by atoms with van der Waals surface area (Å²) in [5.41, 5.74) is 0.174. The predicted octanol–water partition coefficient (Wildman–Crippen LogP) is 3.81. The van der Waals surface area contributed by atoms with Crippen LogP contribution in [0.3, 0.4) is 0 Å². The molecule has 0 bridgehead atoms. The van der Waals surface area contributed by atoms with Crippen molar-refractivity contribution in [1.82, 2.24) is 4.90 Å². The second-order valence-corrected chi connectivity index (χ2v) is 9.49. The largest absolute Gasteiger partial charge is 0.469 e. The molecule has 0 spiro atoms. The lowest BCUT2D eigenvalue weighted by atomic mass is 9.47. The minimum Gasteiger partial charge on any atom is -0.469 e. The standard InChI is InChI=1S/C22H33NO3/c1-5-23-18-9-6-14-15-7-8-17(20(25)26-4)21(15,2)12-10-16(14)22(18,3)13-11-19(23)24/h11,13-18H,5-10,12H2,1-4H3/t14-,15-,16+,17?,18?,21-,22+/m0/s1. The molecule has 0 saturated heterocycles. The molecule has 0 aromatic carbocycles. The summed E-state index contributed by atoms with van der Waals surface area (Å²) >= 11 is 0. The molecule has 2 unspecified atom stereocenters. The zero-order valence-electron chi connectivity index (χ0n) is 16.7. The number of fused-ring (bicyclic) bond motifs is 5. The van der Waals surface area contributed by atoms with E-state index in [2.05, 4.69) is 31.7 Å². The fraction of sp³-hybridized carbons (Fsp3) is 0.818. The number of likely N-dealkylation sites (N-methyl/N-ethyl adjacent to an activating group) is 1.